The van der Waals surface area contributed by atoms with Crippen molar-refractivity contribution in [2.24, 2.45) is 0 Å². The Labute approximate surface area is 100 Å². The minimum absolute atomic E-state index is 0.00217. The van der Waals surface area contributed by atoms with Gasteiger partial charge in [0.15, 0.2) is 7.52 Å². The zero-order valence-corrected chi connectivity index (χ0v) is 9.16. The second-order valence-corrected chi connectivity index (χ2v) is 3.61. The molecule has 1 aliphatic rings. The molecule has 1 aliphatic heterocycles. The minimum Gasteiger partial charge on any atom is -0.490 e. The van der Waals surface area contributed by atoms with Crippen LogP contribution in [-0.2, 0) is 4.74 Å². The molecule has 0 radical (unpaired) electrons. The Kier molecular flexibility index (Phi) is 1.88. The number of hydrogen-bond acceptors (Lipinski definition) is 3. The van der Waals surface area contributed by atoms with E-state index in [1.165, 1.54) is 0 Å². The van der Waals surface area contributed by atoms with Gasteiger partial charge in [0.1, 0.15) is 12.4 Å². The van der Waals surface area contributed by atoms with Gasteiger partial charge in [0, 0.05) is 0 Å². The number of nitrogens with one attached hydrogen (secondary N) is 1. The Balaban J connectivity index is 2.16. The molecule has 1 heterocycles. The lowest BCUT2D eigenvalue weighted by Gasteiger charge is -2.11. The summed E-state index contributed by atoms with van der Waals surface area (Å²) in [5.41, 5.74) is 0.887. The van der Waals surface area contributed by atoms with Gasteiger partial charge in [-0.25, -0.2) is 4.79 Å². The average Bonchev–Trinajstić information content (AvgIpc) is 2.73. The fourth-order valence-corrected chi connectivity index (χ4v) is 1.44. The zero-order valence-electron chi connectivity index (χ0n) is 13.2. The van der Waals surface area contributed by atoms with Gasteiger partial charge < -0.3 is 14.8 Å². The number of ether oxygens (including phenoxy) is 2. The second kappa shape index (κ2) is 4.43. The Morgan fingerprint density at radius 2 is 2.25 bits per heavy atom. The van der Waals surface area contributed by atoms with Crippen molar-refractivity contribution in [1.82, 2.24) is 5.31 Å². The lowest BCUT2D eigenvalue weighted by Crippen LogP contribution is -2.21. The highest BCUT2D eigenvalue weighted by Crippen LogP contribution is 2.16. The summed E-state index contributed by atoms with van der Waals surface area (Å²) < 4.78 is 41.1. The molecule has 0 aromatic heterocycles. The Morgan fingerprint density at radius 3 is 2.81 bits per heavy atom. The maximum Gasteiger partial charge on any atom is 0.407 e. The minimum atomic E-state index is -0.732. The number of benzene rings is 1. The molecule has 4 nitrogen and oxygen atoms in total. The van der Waals surface area contributed by atoms with Gasteiger partial charge in [-0.1, -0.05) is 6.04 Å². The summed E-state index contributed by atoms with van der Waals surface area (Å²) in [6.45, 7) is 3.33. The maximum atomic E-state index is 11.0. The third kappa shape index (κ3) is 2.66. The lowest BCUT2D eigenvalue weighted by molar-refractivity contribution is 0.105. The van der Waals surface area contributed by atoms with Gasteiger partial charge in [0.05, 0.1) is 10.7 Å². The summed E-state index contributed by atoms with van der Waals surface area (Å²) in [4.78, 5) is 11.0. The topological polar surface area (TPSA) is 47.6 Å². The molecule has 0 aliphatic carbocycles. The number of carbonyl (C=O) groups excluding carboxylic acids is 1. The summed E-state index contributed by atoms with van der Waals surface area (Å²) in [5.74, 6) is 0.0791. The molecule has 1 amide bonds. The van der Waals surface area contributed by atoms with Crippen LogP contribution < -0.4 is 10.0 Å². The summed E-state index contributed by atoms with van der Waals surface area (Å²) in [6, 6.07) is 0.160. The standard InChI is InChI=1S/C12H15NO3/c1-8-3-9(2)5-10(4-8)15-7-11-6-13-12(14)16-11/h3-5,11H,6-7H2,1-2H3,(H,13,14)/i3D,4D,5D/hD. The van der Waals surface area contributed by atoms with E-state index in [4.69, 9.17) is 15.0 Å². The Hall–Kier alpha value is -1.71. The zero-order chi connectivity index (χ0) is 15.0. The van der Waals surface area contributed by atoms with E-state index in [1.807, 2.05) is 0 Å². The summed E-state index contributed by atoms with van der Waals surface area (Å²) in [5, 5.41) is 0.695. The predicted molar refractivity (Wildman–Crippen MR) is 59.7 cm³/mol. The SMILES string of the molecule is [2H]c1c(C)c([2H])c(OCC2CN([2H])C(=O)O2)c([2H])c1C. The molecular formula is C12H15NO3. The average molecular weight is 225 g/mol. The van der Waals surface area contributed by atoms with Crippen molar-refractivity contribution >= 4 is 6.09 Å². The first-order valence-corrected chi connectivity index (χ1v) is 4.99. The van der Waals surface area contributed by atoms with Crippen LogP contribution >= 0.6 is 0 Å². The number of alkyl carbamates (subject to hydrolysis) is 1. The number of rotatable bonds is 3. The molecule has 16 heavy (non-hydrogen) atoms. The van der Waals surface area contributed by atoms with Crippen molar-refractivity contribution in [3.63, 3.8) is 0 Å². The molecule has 4 heteroatoms. The number of cyclic esters (lactones) is 1. The third-order valence-corrected chi connectivity index (χ3v) is 2.08. The van der Waals surface area contributed by atoms with Crippen molar-refractivity contribution in [3.05, 3.63) is 29.3 Å². The lowest BCUT2D eigenvalue weighted by atomic mass is 10.1. The van der Waals surface area contributed by atoms with Crippen LogP contribution in [0.25, 0.3) is 0 Å². The highest BCUT2D eigenvalue weighted by Gasteiger charge is 2.22. The predicted octanol–water partition coefficient (Wildman–Crippen LogP) is 1.79. The van der Waals surface area contributed by atoms with E-state index in [2.05, 4.69) is 0 Å². The van der Waals surface area contributed by atoms with Crippen LogP contribution in [0.3, 0.4) is 0 Å². The molecule has 1 aromatic rings. The molecule has 0 bridgehead atoms. The van der Waals surface area contributed by atoms with Crippen LogP contribution in [0.4, 0.5) is 4.79 Å². The van der Waals surface area contributed by atoms with Crippen molar-refractivity contribution in [3.8, 4) is 5.75 Å². The summed E-state index contributed by atoms with van der Waals surface area (Å²) in [6.07, 6.45) is -1.32. The first-order valence-electron chi connectivity index (χ1n) is 6.94. The van der Waals surface area contributed by atoms with Gasteiger partial charge in [0.2, 0.25) is 0 Å². The van der Waals surface area contributed by atoms with E-state index >= 15 is 0 Å². The van der Waals surface area contributed by atoms with Crippen molar-refractivity contribution < 1.29 is 19.8 Å². The largest absolute Gasteiger partial charge is 0.490 e. The highest BCUT2D eigenvalue weighted by atomic mass is 16.6. The molecule has 0 saturated carbocycles. The molecule has 1 N–H and O–H groups in total. The van der Waals surface area contributed by atoms with E-state index < -0.39 is 12.2 Å². The van der Waals surface area contributed by atoms with E-state index in [1.54, 1.807) is 13.8 Å². The summed E-state index contributed by atoms with van der Waals surface area (Å²) in [7, 11) is 0. The van der Waals surface area contributed by atoms with Crippen molar-refractivity contribution in [2.75, 3.05) is 13.2 Å². The molecule has 86 valence electrons. The van der Waals surface area contributed by atoms with Crippen LogP contribution in [0.15, 0.2) is 18.1 Å². The summed E-state index contributed by atoms with van der Waals surface area (Å²) >= 11 is 0. The Morgan fingerprint density at radius 1 is 1.56 bits per heavy atom. The van der Waals surface area contributed by atoms with Gasteiger partial charge in [0.25, 0.3) is 0 Å². The molecule has 1 fully saturated rings. The van der Waals surface area contributed by atoms with Gasteiger partial charge in [-0.05, 0) is 37.1 Å². The van der Waals surface area contributed by atoms with E-state index in [-0.39, 0.29) is 37.0 Å². The molecule has 2 rings (SSSR count). The molecule has 0 spiro atoms. The van der Waals surface area contributed by atoms with Crippen LogP contribution in [0.2, 0.25) is 1.41 Å². The fourth-order valence-electron chi connectivity index (χ4n) is 1.44. The molecular weight excluding hydrogens is 206 g/mol. The van der Waals surface area contributed by atoms with Crippen molar-refractivity contribution in [1.29, 1.82) is 0 Å². The highest BCUT2D eigenvalue weighted by molar-refractivity contribution is 5.69. The third-order valence-electron chi connectivity index (χ3n) is 2.08. The van der Waals surface area contributed by atoms with Crippen LogP contribution in [0.5, 0.6) is 5.75 Å². The smallest absolute Gasteiger partial charge is 0.407 e. The van der Waals surface area contributed by atoms with Gasteiger partial charge in [-0.15, -0.1) is 0 Å². The first kappa shape index (κ1) is 6.78. The van der Waals surface area contributed by atoms with Crippen LogP contribution in [-0.4, -0.2) is 25.3 Å². The number of amides is 1. The number of hydrogen-bond donors (Lipinski definition) is 1. The Bertz CT molecular complexity index is 535. The first-order chi connectivity index (χ1) is 9.32. The monoisotopic (exact) mass is 225 g/mol. The van der Waals surface area contributed by atoms with E-state index in [0.717, 1.165) is 0 Å². The quantitative estimate of drug-likeness (QED) is 0.853. The number of carbonyl (C=O) groups is 1. The molecule has 1 saturated heterocycles. The van der Waals surface area contributed by atoms with Crippen molar-refractivity contribution in [2.45, 2.75) is 20.0 Å². The molecule has 1 unspecified atom stereocenters. The van der Waals surface area contributed by atoms with Gasteiger partial charge in [-0.2, -0.15) is 0 Å². The normalized spacial score (nSPS) is 23.2. The molecule has 1 atom stereocenters. The van der Waals surface area contributed by atoms with E-state index in [9.17, 15) is 4.79 Å². The fraction of sp³-hybridized carbons (Fsp3) is 0.417. The maximum absolute atomic E-state index is 11.0. The molecule has 1 aromatic carbocycles. The second-order valence-electron chi connectivity index (χ2n) is 3.61. The van der Waals surface area contributed by atoms with Crippen LogP contribution in [0.1, 0.15) is 15.2 Å². The van der Waals surface area contributed by atoms with Crippen LogP contribution in [0, 0.1) is 13.8 Å². The van der Waals surface area contributed by atoms with Gasteiger partial charge in [-0.3, -0.25) is 0 Å². The van der Waals surface area contributed by atoms with E-state index in [0.29, 0.717) is 16.4 Å². The van der Waals surface area contributed by atoms with Gasteiger partial charge >= 0.3 is 6.09 Å².